The van der Waals surface area contributed by atoms with Gasteiger partial charge in [0, 0.05) is 15.7 Å². The molecule has 23 heavy (non-hydrogen) atoms. The molecule has 9 nitrogen and oxygen atoms in total. The number of rotatable bonds is 5. The van der Waals surface area contributed by atoms with E-state index in [9.17, 15) is 9.90 Å². The van der Waals surface area contributed by atoms with E-state index in [-0.39, 0.29) is 28.8 Å². The van der Waals surface area contributed by atoms with Crippen LogP contribution in [0.25, 0.3) is 5.82 Å². The number of nitrogens with two attached hydrogens (primary N) is 1. The zero-order valence-electron chi connectivity index (χ0n) is 11.3. The molecule has 0 bridgehead atoms. The lowest BCUT2D eigenvalue weighted by Crippen LogP contribution is -2.24. The zero-order valence-corrected chi connectivity index (χ0v) is 12.9. The molecule has 118 valence electrons. The summed E-state index contributed by atoms with van der Waals surface area (Å²) in [5, 5.41) is 26.2. The summed E-state index contributed by atoms with van der Waals surface area (Å²) in [6, 6.07) is 7.09. The summed E-state index contributed by atoms with van der Waals surface area (Å²) in [7, 11) is 0. The smallest absolute Gasteiger partial charge is 0.243 e. The van der Waals surface area contributed by atoms with Crippen LogP contribution >= 0.6 is 23.4 Å². The van der Waals surface area contributed by atoms with Gasteiger partial charge in [0.2, 0.25) is 11.6 Å². The molecule has 2 heterocycles. The second-order valence-electron chi connectivity index (χ2n) is 4.30. The number of anilines is 1. The predicted molar refractivity (Wildman–Crippen MR) is 79.0 cm³/mol. The van der Waals surface area contributed by atoms with E-state index in [0.29, 0.717) is 5.02 Å². The Morgan fingerprint density at radius 2 is 2.09 bits per heavy atom. The lowest BCUT2D eigenvalue weighted by atomic mass is 10.3. The zero-order chi connectivity index (χ0) is 16.4. The first-order valence-electron chi connectivity index (χ1n) is 6.19. The normalized spacial score (nSPS) is 10.8. The van der Waals surface area contributed by atoms with Gasteiger partial charge >= 0.3 is 0 Å². The number of carboxylic acid groups (broad SMARTS) is 1. The minimum Gasteiger partial charge on any atom is -0.543 e. The fraction of sp³-hybridized carbons (Fsp3) is 0.0833. The molecule has 0 amide bonds. The van der Waals surface area contributed by atoms with Crippen molar-refractivity contribution in [2.45, 2.75) is 10.6 Å². The first-order valence-corrected chi connectivity index (χ1v) is 7.55. The molecule has 0 saturated carbocycles. The van der Waals surface area contributed by atoms with Crippen molar-refractivity contribution in [2.75, 3.05) is 5.73 Å². The number of aromatic nitrogens is 5. The van der Waals surface area contributed by atoms with Crippen LogP contribution in [-0.2, 0) is 5.75 Å². The van der Waals surface area contributed by atoms with Crippen LogP contribution in [0, 0.1) is 0 Å². The fourth-order valence-corrected chi connectivity index (χ4v) is 2.80. The van der Waals surface area contributed by atoms with Gasteiger partial charge in [-0.05, 0) is 34.6 Å². The molecule has 3 rings (SSSR count). The van der Waals surface area contributed by atoms with Crippen LogP contribution in [0.4, 0.5) is 5.82 Å². The predicted octanol–water partition coefficient (Wildman–Crippen LogP) is 0.542. The number of carbonyl (C=O) groups is 1. The summed E-state index contributed by atoms with van der Waals surface area (Å²) in [6.07, 6.45) is 0. The van der Waals surface area contributed by atoms with Gasteiger partial charge in [-0.15, -0.1) is 16.9 Å². The number of halogens is 1. The molecular formula is C12H8ClN6O3S-. The highest BCUT2D eigenvalue weighted by Gasteiger charge is 2.20. The number of benzene rings is 1. The van der Waals surface area contributed by atoms with Crippen molar-refractivity contribution in [1.29, 1.82) is 0 Å². The van der Waals surface area contributed by atoms with E-state index in [1.807, 2.05) is 12.1 Å². The van der Waals surface area contributed by atoms with Crippen LogP contribution in [0.2, 0.25) is 5.02 Å². The molecule has 0 aliphatic carbocycles. The Kier molecular flexibility index (Phi) is 4.17. The third kappa shape index (κ3) is 3.12. The van der Waals surface area contributed by atoms with Crippen molar-refractivity contribution in [3.05, 3.63) is 40.7 Å². The van der Waals surface area contributed by atoms with Crippen molar-refractivity contribution in [1.82, 2.24) is 25.3 Å². The molecule has 0 radical (unpaired) electrons. The molecule has 1 aromatic carbocycles. The lowest BCUT2D eigenvalue weighted by molar-refractivity contribution is -0.255. The Morgan fingerprint density at radius 3 is 2.70 bits per heavy atom. The number of thioether (sulfide) groups is 1. The van der Waals surface area contributed by atoms with Gasteiger partial charge < -0.3 is 15.6 Å². The highest BCUT2D eigenvalue weighted by atomic mass is 35.5. The molecule has 0 fully saturated rings. The molecule has 11 heteroatoms. The number of carbonyl (C=O) groups excluding carboxylic acids is 1. The average Bonchev–Trinajstić information content (AvgIpc) is 3.12. The molecule has 0 aliphatic heterocycles. The van der Waals surface area contributed by atoms with E-state index in [1.54, 1.807) is 12.1 Å². The van der Waals surface area contributed by atoms with Crippen LogP contribution in [-0.4, -0.2) is 31.3 Å². The van der Waals surface area contributed by atoms with Gasteiger partial charge in [0.25, 0.3) is 0 Å². The van der Waals surface area contributed by atoms with E-state index in [0.717, 1.165) is 4.90 Å². The second kappa shape index (κ2) is 6.26. The fourth-order valence-electron chi connectivity index (χ4n) is 1.78. The molecule has 0 spiro atoms. The van der Waals surface area contributed by atoms with Gasteiger partial charge in [-0.2, -0.15) is 4.68 Å². The van der Waals surface area contributed by atoms with Gasteiger partial charge in [0.15, 0.2) is 0 Å². The average molecular weight is 352 g/mol. The minimum absolute atomic E-state index is 0.0301. The highest BCUT2D eigenvalue weighted by Crippen LogP contribution is 2.26. The Labute approximate surface area is 138 Å². The maximum absolute atomic E-state index is 11.2. The number of hydrogen-bond acceptors (Lipinski definition) is 9. The van der Waals surface area contributed by atoms with Crippen molar-refractivity contribution < 1.29 is 14.5 Å². The minimum atomic E-state index is -1.45. The van der Waals surface area contributed by atoms with Crippen LogP contribution < -0.4 is 10.8 Å². The van der Waals surface area contributed by atoms with Crippen molar-refractivity contribution in [2.24, 2.45) is 0 Å². The summed E-state index contributed by atoms with van der Waals surface area (Å²) in [4.78, 5) is 12.1. The standard InChI is InChI=1S/C12H9ClN6O3S/c13-6-1-3-7(4-2-6)23-5-8-9(12(20)21)15-18-19(8)11-10(14)16-22-17-11/h1-4H,5H2,(H2,14,16)(H,20,21)/p-1. The van der Waals surface area contributed by atoms with Crippen molar-refractivity contribution in [3.8, 4) is 5.82 Å². The molecule has 0 unspecified atom stereocenters. The van der Waals surface area contributed by atoms with E-state index in [2.05, 4.69) is 25.3 Å². The summed E-state index contributed by atoms with van der Waals surface area (Å²) in [5.74, 6) is -1.17. The second-order valence-corrected chi connectivity index (χ2v) is 5.78. The third-order valence-corrected chi connectivity index (χ3v) is 4.12. The Bertz CT molecular complexity index is 847. The molecule has 2 aromatic heterocycles. The van der Waals surface area contributed by atoms with E-state index >= 15 is 0 Å². The maximum atomic E-state index is 11.2. The highest BCUT2D eigenvalue weighted by molar-refractivity contribution is 7.98. The Balaban J connectivity index is 1.93. The van der Waals surface area contributed by atoms with E-state index < -0.39 is 5.97 Å². The van der Waals surface area contributed by atoms with E-state index in [1.165, 1.54) is 16.4 Å². The maximum Gasteiger partial charge on any atom is 0.243 e. The number of carboxylic acids is 1. The molecule has 3 aromatic rings. The quantitative estimate of drug-likeness (QED) is 0.653. The molecule has 0 aliphatic rings. The topological polar surface area (TPSA) is 136 Å². The number of aromatic carboxylic acids is 1. The van der Waals surface area contributed by atoms with Crippen LogP contribution in [0.15, 0.2) is 33.8 Å². The number of nitrogens with zero attached hydrogens (tertiary/aromatic N) is 5. The first kappa shape index (κ1) is 15.3. The SMILES string of the molecule is Nc1nonc1-n1nnc(C(=O)[O-])c1CSc1ccc(Cl)cc1. The van der Waals surface area contributed by atoms with Crippen LogP contribution in [0.1, 0.15) is 16.2 Å². The monoisotopic (exact) mass is 351 g/mol. The van der Waals surface area contributed by atoms with Gasteiger partial charge in [-0.25, -0.2) is 4.63 Å². The van der Waals surface area contributed by atoms with Crippen molar-refractivity contribution >= 4 is 35.1 Å². The lowest BCUT2D eigenvalue weighted by Gasteiger charge is -2.06. The summed E-state index contributed by atoms with van der Waals surface area (Å²) in [6.45, 7) is 0. The van der Waals surface area contributed by atoms with Gasteiger partial charge in [-0.1, -0.05) is 16.8 Å². The van der Waals surface area contributed by atoms with Crippen molar-refractivity contribution in [3.63, 3.8) is 0 Å². The number of nitrogen functional groups attached to an aromatic ring is 1. The summed E-state index contributed by atoms with van der Waals surface area (Å²) >= 11 is 7.20. The van der Waals surface area contributed by atoms with Crippen LogP contribution in [0.5, 0.6) is 0 Å². The van der Waals surface area contributed by atoms with Gasteiger partial charge in [0.1, 0.15) is 5.69 Å². The van der Waals surface area contributed by atoms with Crippen LogP contribution in [0.3, 0.4) is 0 Å². The molecule has 0 saturated heterocycles. The van der Waals surface area contributed by atoms with E-state index in [4.69, 9.17) is 17.3 Å². The van der Waals surface area contributed by atoms with Gasteiger partial charge in [0.05, 0.1) is 11.7 Å². The third-order valence-electron chi connectivity index (χ3n) is 2.84. The molecular weight excluding hydrogens is 344 g/mol. The summed E-state index contributed by atoms with van der Waals surface area (Å²) < 4.78 is 5.67. The molecule has 0 atom stereocenters. The van der Waals surface area contributed by atoms with Gasteiger partial charge in [-0.3, -0.25) is 0 Å². The number of hydrogen-bond donors (Lipinski definition) is 1. The Morgan fingerprint density at radius 1 is 1.35 bits per heavy atom. The largest absolute Gasteiger partial charge is 0.543 e. The first-order chi connectivity index (χ1) is 11.1. The molecule has 2 N–H and O–H groups in total. The summed E-state index contributed by atoms with van der Waals surface area (Å²) in [5.41, 5.74) is 5.57. The Hall–Kier alpha value is -2.59.